The normalized spacial score (nSPS) is 12.9. The fourth-order valence-corrected chi connectivity index (χ4v) is 2.12. The van der Waals surface area contributed by atoms with Crippen LogP contribution in [0.5, 0.6) is 0 Å². The van der Waals surface area contributed by atoms with Crippen LogP contribution in [0.4, 0.5) is 0 Å². The van der Waals surface area contributed by atoms with Crippen LogP contribution in [0.1, 0.15) is 36.3 Å². The molecule has 0 fully saturated rings. The van der Waals surface area contributed by atoms with Gasteiger partial charge in [0, 0.05) is 31.0 Å². The summed E-state index contributed by atoms with van der Waals surface area (Å²) >= 11 is 0. The first-order valence-corrected chi connectivity index (χ1v) is 6.15. The van der Waals surface area contributed by atoms with Crippen LogP contribution in [-0.2, 0) is 13.6 Å². The number of aryl methyl sites for hydroxylation is 2. The Labute approximate surface area is 107 Å². The molecule has 0 bridgehead atoms. The third-order valence-corrected chi connectivity index (χ3v) is 3.23. The van der Waals surface area contributed by atoms with Crippen LogP contribution in [0, 0.1) is 6.92 Å². The van der Waals surface area contributed by atoms with Crippen molar-refractivity contribution in [2.24, 2.45) is 12.9 Å². The number of hydrazine groups is 1. The van der Waals surface area contributed by atoms with E-state index in [1.54, 1.807) is 6.20 Å². The highest BCUT2D eigenvalue weighted by Crippen LogP contribution is 2.23. The number of aromatic nitrogens is 4. The molecular weight excluding hydrogens is 228 g/mol. The van der Waals surface area contributed by atoms with E-state index >= 15 is 0 Å². The Morgan fingerprint density at radius 2 is 2.22 bits per heavy atom. The van der Waals surface area contributed by atoms with E-state index in [0.29, 0.717) is 0 Å². The number of nitrogens with zero attached hydrogens (tertiary/aromatic N) is 4. The summed E-state index contributed by atoms with van der Waals surface area (Å²) in [6.45, 7) is 5.05. The monoisotopic (exact) mass is 248 g/mol. The van der Waals surface area contributed by atoms with Crippen LogP contribution in [0.25, 0.3) is 0 Å². The van der Waals surface area contributed by atoms with E-state index < -0.39 is 0 Å². The predicted molar refractivity (Wildman–Crippen MR) is 69.6 cm³/mol. The fraction of sp³-hybridized carbons (Fsp3) is 0.500. The van der Waals surface area contributed by atoms with Crippen LogP contribution in [0.15, 0.2) is 18.5 Å². The maximum Gasteiger partial charge on any atom is 0.0911 e. The summed E-state index contributed by atoms with van der Waals surface area (Å²) in [5.41, 5.74) is 6.11. The lowest BCUT2D eigenvalue weighted by Crippen LogP contribution is -2.31. The van der Waals surface area contributed by atoms with E-state index in [9.17, 15) is 0 Å². The lowest BCUT2D eigenvalue weighted by Gasteiger charge is -2.17. The van der Waals surface area contributed by atoms with Crippen molar-refractivity contribution in [3.8, 4) is 0 Å². The van der Waals surface area contributed by atoms with Crippen LogP contribution >= 0.6 is 0 Å². The van der Waals surface area contributed by atoms with Crippen molar-refractivity contribution in [1.29, 1.82) is 0 Å². The van der Waals surface area contributed by atoms with Gasteiger partial charge in [0.05, 0.1) is 17.9 Å². The number of nitrogens with one attached hydrogen (secondary N) is 1. The zero-order valence-electron chi connectivity index (χ0n) is 11.1. The fourth-order valence-electron chi connectivity index (χ4n) is 2.12. The molecule has 18 heavy (non-hydrogen) atoms. The number of rotatable bonds is 5. The summed E-state index contributed by atoms with van der Waals surface area (Å²) < 4.78 is 3.83. The molecule has 2 aromatic heterocycles. The maximum atomic E-state index is 5.71. The van der Waals surface area contributed by atoms with E-state index in [1.807, 2.05) is 35.6 Å². The van der Waals surface area contributed by atoms with Gasteiger partial charge in [-0.25, -0.2) is 5.43 Å². The Bertz CT molecular complexity index is 512. The molecule has 0 aliphatic carbocycles. The Hall–Kier alpha value is -1.66. The maximum absolute atomic E-state index is 5.71. The molecule has 98 valence electrons. The lowest BCUT2D eigenvalue weighted by molar-refractivity contribution is 0.519. The molecule has 0 saturated heterocycles. The molecule has 0 spiro atoms. The Morgan fingerprint density at radius 1 is 1.44 bits per heavy atom. The first-order chi connectivity index (χ1) is 8.69. The topological polar surface area (TPSA) is 73.7 Å². The molecule has 2 aromatic rings. The largest absolute Gasteiger partial charge is 0.273 e. The average molecular weight is 248 g/mol. The second kappa shape index (κ2) is 5.32. The van der Waals surface area contributed by atoms with Crippen LogP contribution in [-0.4, -0.2) is 19.6 Å². The summed E-state index contributed by atoms with van der Waals surface area (Å²) in [7, 11) is 1.93. The molecule has 0 aliphatic heterocycles. The van der Waals surface area contributed by atoms with Gasteiger partial charge in [0.1, 0.15) is 0 Å². The SMILES string of the molecule is CCCn1nccc1C(NN)c1cnn(C)c1C. The molecule has 6 heteroatoms. The highest BCUT2D eigenvalue weighted by Gasteiger charge is 2.20. The van der Waals surface area contributed by atoms with Gasteiger partial charge in [-0.15, -0.1) is 0 Å². The molecule has 0 saturated carbocycles. The molecule has 0 aromatic carbocycles. The summed E-state index contributed by atoms with van der Waals surface area (Å²) in [4.78, 5) is 0. The third-order valence-electron chi connectivity index (χ3n) is 3.23. The minimum Gasteiger partial charge on any atom is -0.273 e. The van der Waals surface area contributed by atoms with Gasteiger partial charge < -0.3 is 0 Å². The minimum absolute atomic E-state index is 0.0762. The van der Waals surface area contributed by atoms with Crippen molar-refractivity contribution < 1.29 is 0 Å². The van der Waals surface area contributed by atoms with Crippen molar-refractivity contribution in [3.05, 3.63) is 35.4 Å². The van der Waals surface area contributed by atoms with E-state index in [1.165, 1.54) is 0 Å². The molecule has 0 radical (unpaired) electrons. The first kappa shape index (κ1) is 12.8. The average Bonchev–Trinajstić information content (AvgIpc) is 2.93. The van der Waals surface area contributed by atoms with Gasteiger partial charge in [-0.1, -0.05) is 6.92 Å². The van der Waals surface area contributed by atoms with Crippen molar-refractivity contribution in [2.45, 2.75) is 32.9 Å². The molecule has 3 N–H and O–H groups in total. The van der Waals surface area contributed by atoms with Gasteiger partial charge in [0.25, 0.3) is 0 Å². The molecule has 1 atom stereocenters. The van der Waals surface area contributed by atoms with Crippen LogP contribution in [0.2, 0.25) is 0 Å². The summed E-state index contributed by atoms with van der Waals surface area (Å²) in [6, 6.07) is 1.92. The zero-order valence-corrected chi connectivity index (χ0v) is 11.1. The zero-order chi connectivity index (χ0) is 13.1. The Balaban J connectivity index is 2.39. The molecule has 0 amide bonds. The lowest BCUT2D eigenvalue weighted by atomic mass is 10.1. The van der Waals surface area contributed by atoms with Gasteiger partial charge in [0.2, 0.25) is 0 Å². The molecule has 2 heterocycles. The van der Waals surface area contributed by atoms with Gasteiger partial charge in [-0.05, 0) is 19.4 Å². The van der Waals surface area contributed by atoms with Gasteiger partial charge in [-0.2, -0.15) is 10.2 Å². The van der Waals surface area contributed by atoms with Crippen molar-refractivity contribution in [3.63, 3.8) is 0 Å². The highest BCUT2D eigenvalue weighted by molar-refractivity contribution is 5.28. The van der Waals surface area contributed by atoms with Gasteiger partial charge >= 0.3 is 0 Å². The van der Waals surface area contributed by atoms with Crippen molar-refractivity contribution in [1.82, 2.24) is 25.0 Å². The molecule has 6 nitrogen and oxygen atoms in total. The first-order valence-electron chi connectivity index (χ1n) is 6.15. The minimum atomic E-state index is -0.0762. The van der Waals surface area contributed by atoms with Crippen molar-refractivity contribution >= 4 is 0 Å². The van der Waals surface area contributed by atoms with Gasteiger partial charge in [-0.3, -0.25) is 15.2 Å². The molecule has 2 rings (SSSR count). The standard InChI is InChI=1S/C12H20N6/c1-4-7-18-11(5-6-14-18)12(16-13)10-8-15-17(3)9(10)2/h5-6,8,12,16H,4,7,13H2,1-3H3. The number of nitrogens with two attached hydrogens (primary N) is 1. The van der Waals surface area contributed by atoms with Crippen LogP contribution < -0.4 is 11.3 Å². The highest BCUT2D eigenvalue weighted by atomic mass is 15.3. The second-order valence-corrected chi connectivity index (χ2v) is 4.39. The number of hydrogen-bond acceptors (Lipinski definition) is 4. The Morgan fingerprint density at radius 3 is 2.78 bits per heavy atom. The number of hydrogen-bond donors (Lipinski definition) is 2. The van der Waals surface area contributed by atoms with E-state index in [-0.39, 0.29) is 6.04 Å². The molecular formula is C12H20N6. The van der Waals surface area contributed by atoms with E-state index in [2.05, 4.69) is 22.5 Å². The van der Waals surface area contributed by atoms with Crippen LogP contribution in [0.3, 0.4) is 0 Å². The Kier molecular flexibility index (Phi) is 3.78. The summed E-state index contributed by atoms with van der Waals surface area (Å²) in [6.07, 6.45) is 4.70. The molecule has 1 unspecified atom stereocenters. The van der Waals surface area contributed by atoms with E-state index in [4.69, 9.17) is 5.84 Å². The second-order valence-electron chi connectivity index (χ2n) is 4.39. The van der Waals surface area contributed by atoms with E-state index in [0.717, 1.165) is 29.9 Å². The predicted octanol–water partition coefficient (Wildman–Crippen LogP) is 0.888. The van der Waals surface area contributed by atoms with Crippen molar-refractivity contribution in [2.75, 3.05) is 0 Å². The molecule has 0 aliphatic rings. The summed E-state index contributed by atoms with van der Waals surface area (Å²) in [5, 5.41) is 8.59. The quantitative estimate of drug-likeness (QED) is 0.608. The smallest absolute Gasteiger partial charge is 0.0911 e. The summed E-state index contributed by atoms with van der Waals surface area (Å²) in [5.74, 6) is 5.71. The van der Waals surface area contributed by atoms with Gasteiger partial charge in [0.15, 0.2) is 0 Å². The third kappa shape index (κ3) is 2.16.